The number of amidine groups is 1. The molecule has 8 rings (SSSR count). The van der Waals surface area contributed by atoms with Gasteiger partial charge in [-0.2, -0.15) is 9.10 Å². The van der Waals surface area contributed by atoms with E-state index in [1.54, 1.807) is 107 Å². The molecule has 0 bridgehead atoms. The molecule has 18 nitrogen and oxygen atoms in total. The molecule has 5 aromatic carbocycles. The number of sulfone groups is 1. The summed E-state index contributed by atoms with van der Waals surface area (Å²) in [6, 6.07) is 29.0. The molecule has 7 aromatic rings. The minimum Gasteiger partial charge on any atom is -0.497 e. The standard InChI is InChI=1S/C47H49N9O9S3/c1-47(2,3)65-46(57)54-27-35(28-54)67(58,59)39-23-22-36(37-8-7-9-38-41(37)50-45(66-38)43(48)49)40(44-51-53-56(52-44)26-31-14-20-34(64-6)21-15-31)42(39)68(60,61)55(24-29-10-16-32(62-4)17-11-29)25-30-12-18-33(63-5)19-13-30/h7-23,35H,24-28H2,1-6H3,(H3,48,49). The first kappa shape index (κ1) is 47.5. The highest BCUT2D eigenvalue weighted by Gasteiger charge is 2.46. The van der Waals surface area contributed by atoms with Crippen molar-refractivity contribution < 1.29 is 40.6 Å². The van der Waals surface area contributed by atoms with Crippen molar-refractivity contribution in [1.82, 2.24) is 34.4 Å². The Morgan fingerprint density at radius 1 is 0.794 bits per heavy atom. The third kappa shape index (κ3) is 9.87. The van der Waals surface area contributed by atoms with E-state index in [0.29, 0.717) is 44.2 Å². The van der Waals surface area contributed by atoms with Crippen LogP contribution in [0.1, 0.15) is 42.5 Å². The second kappa shape index (κ2) is 19.0. The lowest BCUT2D eigenvalue weighted by molar-refractivity contribution is 0.0139. The second-order valence-corrected chi connectivity index (χ2v) is 22.0. The molecule has 0 radical (unpaired) electrons. The lowest BCUT2D eigenvalue weighted by Crippen LogP contribution is -2.57. The number of para-hydroxylation sites is 1. The predicted molar refractivity (Wildman–Crippen MR) is 256 cm³/mol. The van der Waals surface area contributed by atoms with Crippen LogP contribution < -0.4 is 19.9 Å². The molecule has 0 spiro atoms. The van der Waals surface area contributed by atoms with E-state index in [1.165, 1.54) is 51.7 Å². The molecule has 3 N–H and O–H groups in total. The SMILES string of the molecule is COc1ccc(CN(Cc2ccc(OC)cc2)S(=O)(=O)c2c(S(=O)(=O)C3CN(C(=O)OC(C)(C)C)C3)ccc(-c3cccc4sc(C(=N)N)nc34)c2-c2nnn(Cc3ccc(OC)cc3)n2)cc1. The summed E-state index contributed by atoms with van der Waals surface area (Å²) in [7, 11) is -4.95. The Bertz CT molecular complexity index is 3170. The Morgan fingerprint density at radius 3 is 1.88 bits per heavy atom. The average Bonchev–Trinajstić information content (AvgIpc) is 3.96. The highest BCUT2D eigenvalue weighted by molar-refractivity contribution is 7.94. The van der Waals surface area contributed by atoms with Crippen molar-refractivity contribution in [3.05, 3.63) is 125 Å². The fourth-order valence-electron chi connectivity index (χ4n) is 7.59. The zero-order valence-corrected chi connectivity index (χ0v) is 40.5. The molecule has 1 amide bonds. The first-order chi connectivity index (χ1) is 32.4. The van der Waals surface area contributed by atoms with E-state index >= 15 is 16.8 Å². The van der Waals surface area contributed by atoms with Crippen LogP contribution in [-0.4, -0.2) is 108 Å². The number of amides is 1. The number of thiazole rings is 1. The maximum absolute atomic E-state index is 16.2. The van der Waals surface area contributed by atoms with Gasteiger partial charge in [0.1, 0.15) is 33.0 Å². The topological polar surface area (TPSA) is 235 Å². The minimum atomic E-state index is -4.96. The van der Waals surface area contributed by atoms with Crippen LogP contribution in [-0.2, 0) is 44.2 Å². The van der Waals surface area contributed by atoms with Gasteiger partial charge in [0.15, 0.2) is 20.7 Å². The van der Waals surface area contributed by atoms with Crippen LogP contribution in [0.2, 0.25) is 0 Å². The summed E-state index contributed by atoms with van der Waals surface area (Å²) in [5.41, 5.74) is 7.83. The predicted octanol–water partition coefficient (Wildman–Crippen LogP) is 6.76. The number of carbonyl (C=O) groups excluding carboxylic acids is 1. The molecule has 354 valence electrons. The van der Waals surface area contributed by atoms with Crippen LogP contribution in [0.5, 0.6) is 17.2 Å². The quantitative estimate of drug-likeness (QED) is 0.0752. The van der Waals surface area contributed by atoms with Gasteiger partial charge in [-0.1, -0.05) is 54.6 Å². The van der Waals surface area contributed by atoms with Gasteiger partial charge in [-0.25, -0.2) is 26.6 Å². The van der Waals surface area contributed by atoms with E-state index in [0.717, 1.165) is 5.56 Å². The van der Waals surface area contributed by atoms with Crippen molar-refractivity contribution in [2.24, 2.45) is 5.73 Å². The van der Waals surface area contributed by atoms with Crippen molar-refractivity contribution >= 4 is 53.3 Å². The number of nitrogen functional groups attached to an aromatic ring is 1. The summed E-state index contributed by atoms with van der Waals surface area (Å²) in [5, 5.41) is 20.7. The molecule has 0 atom stereocenters. The molecule has 1 aliphatic rings. The van der Waals surface area contributed by atoms with E-state index in [4.69, 9.17) is 35.2 Å². The van der Waals surface area contributed by atoms with Gasteiger partial charge in [0.2, 0.25) is 15.8 Å². The molecular weight excluding hydrogens is 931 g/mol. The minimum absolute atomic E-state index is 0.111. The molecule has 1 fully saturated rings. The van der Waals surface area contributed by atoms with Gasteiger partial charge in [-0.05, 0) is 96.8 Å². The number of fused-ring (bicyclic) bond motifs is 1. The van der Waals surface area contributed by atoms with Gasteiger partial charge >= 0.3 is 6.09 Å². The average molecular weight is 980 g/mol. The van der Waals surface area contributed by atoms with E-state index in [9.17, 15) is 4.79 Å². The van der Waals surface area contributed by atoms with Gasteiger partial charge in [-0.3, -0.25) is 5.41 Å². The van der Waals surface area contributed by atoms with Crippen LogP contribution in [0.25, 0.3) is 32.7 Å². The first-order valence-electron chi connectivity index (χ1n) is 21.2. The van der Waals surface area contributed by atoms with E-state index in [1.807, 2.05) is 12.1 Å². The van der Waals surface area contributed by atoms with Gasteiger partial charge < -0.3 is 29.6 Å². The second-order valence-electron chi connectivity index (χ2n) is 16.9. The van der Waals surface area contributed by atoms with Crippen molar-refractivity contribution in [2.45, 2.75) is 61.0 Å². The molecule has 21 heteroatoms. The number of aromatic nitrogens is 5. The van der Waals surface area contributed by atoms with Crippen molar-refractivity contribution in [3.63, 3.8) is 0 Å². The molecule has 0 unspecified atom stereocenters. The summed E-state index contributed by atoms with van der Waals surface area (Å²) in [5.74, 6) is 1.28. The van der Waals surface area contributed by atoms with Crippen LogP contribution in [0.4, 0.5) is 4.79 Å². The number of nitrogens with two attached hydrogens (primary N) is 1. The van der Waals surface area contributed by atoms with Gasteiger partial charge in [-0.15, -0.1) is 21.5 Å². The molecule has 0 aliphatic carbocycles. The fraction of sp³-hybridized carbons (Fsp3) is 0.277. The highest BCUT2D eigenvalue weighted by atomic mass is 32.2. The van der Waals surface area contributed by atoms with Gasteiger partial charge in [0.05, 0.1) is 48.5 Å². The monoisotopic (exact) mass is 979 g/mol. The lowest BCUT2D eigenvalue weighted by Gasteiger charge is -2.39. The molecule has 1 saturated heterocycles. The maximum atomic E-state index is 16.2. The number of ether oxygens (including phenoxy) is 4. The number of nitrogens with zero attached hydrogens (tertiary/aromatic N) is 7. The molecule has 1 aliphatic heterocycles. The number of nitrogens with one attached hydrogen (secondary N) is 1. The normalized spacial score (nSPS) is 13.4. The molecule has 2 aromatic heterocycles. The number of rotatable bonds is 16. The number of sulfonamides is 1. The summed E-state index contributed by atoms with van der Waals surface area (Å²) in [6.07, 6.45) is -0.697. The summed E-state index contributed by atoms with van der Waals surface area (Å²) in [4.78, 5) is 19.2. The Labute approximate surface area is 397 Å². The summed E-state index contributed by atoms with van der Waals surface area (Å²) in [6.45, 7) is 4.30. The van der Waals surface area contributed by atoms with Crippen LogP contribution >= 0.6 is 11.3 Å². The highest BCUT2D eigenvalue weighted by Crippen LogP contribution is 2.45. The van der Waals surface area contributed by atoms with Crippen molar-refractivity contribution in [1.29, 1.82) is 5.41 Å². The van der Waals surface area contributed by atoms with Crippen LogP contribution in [0, 0.1) is 5.41 Å². The third-order valence-electron chi connectivity index (χ3n) is 11.1. The first-order valence-corrected chi connectivity index (χ1v) is 25.0. The molecular formula is C47H49N9O9S3. The van der Waals surface area contributed by atoms with Crippen molar-refractivity contribution in [2.75, 3.05) is 34.4 Å². The van der Waals surface area contributed by atoms with E-state index in [2.05, 4.69) is 15.3 Å². The zero-order valence-electron chi connectivity index (χ0n) is 38.0. The van der Waals surface area contributed by atoms with Crippen LogP contribution in [0.3, 0.4) is 0 Å². The Balaban J connectivity index is 1.38. The van der Waals surface area contributed by atoms with Crippen molar-refractivity contribution in [3.8, 4) is 39.8 Å². The summed E-state index contributed by atoms with van der Waals surface area (Å²) < 4.78 is 86.3. The Morgan fingerprint density at radius 2 is 1.35 bits per heavy atom. The molecule has 3 heterocycles. The zero-order chi connectivity index (χ0) is 48.5. The summed E-state index contributed by atoms with van der Waals surface area (Å²) >= 11 is 1.17. The fourth-order valence-corrected chi connectivity index (χ4v) is 12.5. The van der Waals surface area contributed by atoms with E-state index in [-0.39, 0.29) is 60.5 Å². The molecule has 0 saturated carbocycles. The number of hydrogen-bond acceptors (Lipinski definition) is 15. The van der Waals surface area contributed by atoms with Gasteiger partial charge in [0.25, 0.3) is 0 Å². The maximum Gasteiger partial charge on any atom is 0.410 e. The largest absolute Gasteiger partial charge is 0.497 e. The number of hydrogen-bond donors (Lipinski definition) is 2. The van der Waals surface area contributed by atoms with Gasteiger partial charge in [0, 0.05) is 31.7 Å². The van der Waals surface area contributed by atoms with E-state index < -0.39 is 46.6 Å². The number of carbonyl (C=O) groups is 1. The number of methoxy groups -OCH3 is 3. The number of likely N-dealkylation sites (tertiary alicyclic amines) is 1. The number of benzene rings is 5. The smallest absolute Gasteiger partial charge is 0.410 e. The number of tetrazole rings is 1. The Hall–Kier alpha value is -6.94. The lowest BCUT2D eigenvalue weighted by atomic mass is 9.98. The third-order valence-corrected chi connectivity index (χ3v) is 16.3. The van der Waals surface area contributed by atoms with Crippen LogP contribution in [0.15, 0.2) is 113 Å². The Kier molecular flexibility index (Phi) is 13.3. The molecule has 68 heavy (non-hydrogen) atoms.